The molecule has 1 aliphatic heterocycles. The number of amides is 3. The van der Waals surface area contributed by atoms with E-state index in [-0.39, 0.29) is 30.9 Å². The van der Waals surface area contributed by atoms with Crippen molar-refractivity contribution in [2.45, 2.75) is 27.2 Å². The van der Waals surface area contributed by atoms with E-state index in [2.05, 4.69) is 5.32 Å². The monoisotopic (exact) mass is 299 g/mol. The van der Waals surface area contributed by atoms with Gasteiger partial charge in [0.25, 0.3) is 0 Å². The van der Waals surface area contributed by atoms with E-state index in [1.165, 1.54) is 9.80 Å². The molecular weight excluding hydrogens is 274 g/mol. The Morgan fingerprint density at radius 1 is 1.38 bits per heavy atom. The Morgan fingerprint density at radius 3 is 2.43 bits per heavy atom. The van der Waals surface area contributed by atoms with Gasteiger partial charge in [0.05, 0.1) is 12.0 Å². The zero-order valence-corrected chi connectivity index (χ0v) is 13.2. The molecule has 0 spiro atoms. The lowest BCUT2D eigenvalue weighted by atomic mass is 9.76. The zero-order valence-electron chi connectivity index (χ0n) is 13.2. The van der Waals surface area contributed by atoms with Gasteiger partial charge in [-0.3, -0.25) is 9.59 Å². The molecule has 1 fully saturated rings. The molecule has 1 saturated heterocycles. The Hall–Kier alpha value is -1.79. The summed E-state index contributed by atoms with van der Waals surface area (Å²) < 4.78 is 0. The minimum absolute atomic E-state index is 0.0549. The largest absolute Gasteiger partial charge is 0.481 e. The highest BCUT2D eigenvalue weighted by molar-refractivity contribution is 5.85. The molecule has 3 amide bonds. The van der Waals surface area contributed by atoms with Gasteiger partial charge in [-0.1, -0.05) is 13.8 Å². The SMILES string of the molecule is CCN(C)C(=O)CNC(=O)N1CCC(C(=O)O)(C(C)C)C1. The number of carboxylic acid groups (broad SMARTS) is 1. The van der Waals surface area contributed by atoms with Crippen LogP contribution in [0.2, 0.25) is 0 Å². The molecule has 0 aliphatic carbocycles. The summed E-state index contributed by atoms with van der Waals surface area (Å²) >= 11 is 0. The number of hydrogen-bond donors (Lipinski definition) is 2. The fraction of sp³-hybridized carbons (Fsp3) is 0.786. The van der Waals surface area contributed by atoms with Crippen LogP contribution >= 0.6 is 0 Å². The number of likely N-dealkylation sites (tertiary alicyclic amines) is 1. The maximum atomic E-state index is 12.0. The highest BCUT2D eigenvalue weighted by Gasteiger charge is 2.48. The summed E-state index contributed by atoms with van der Waals surface area (Å²) in [5.41, 5.74) is -0.887. The number of carbonyl (C=O) groups excluding carboxylic acids is 2. The summed E-state index contributed by atoms with van der Waals surface area (Å²) in [5.74, 6) is -1.09. The van der Waals surface area contributed by atoms with Crippen LogP contribution in [-0.4, -0.2) is 66.0 Å². The van der Waals surface area contributed by atoms with E-state index in [4.69, 9.17) is 0 Å². The lowest BCUT2D eigenvalue weighted by Crippen LogP contribution is -2.46. The molecule has 0 bridgehead atoms. The summed E-state index contributed by atoms with van der Waals surface area (Å²) in [6.07, 6.45) is 0.441. The van der Waals surface area contributed by atoms with Gasteiger partial charge in [0.1, 0.15) is 0 Å². The fourth-order valence-corrected chi connectivity index (χ4v) is 2.47. The number of hydrogen-bond acceptors (Lipinski definition) is 3. The van der Waals surface area contributed by atoms with Gasteiger partial charge >= 0.3 is 12.0 Å². The molecule has 1 atom stereocenters. The van der Waals surface area contributed by atoms with E-state index in [0.29, 0.717) is 19.5 Å². The molecule has 1 rings (SSSR count). The molecule has 1 aliphatic rings. The molecule has 0 saturated carbocycles. The second-order valence-corrected chi connectivity index (χ2v) is 5.85. The van der Waals surface area contributed by atoms with Crippen molar-refractivity contribution in [3.63, 3.8) is 0 Å². The average Bonchev–Trinajstić information content (AvgIpc) is 2.90. The molecule has 21 heavy (non-hydrogen) atoms. The average molecular weight is 299 g/mol. The van der Waals surface area contributed by atoms with Crippen LogP contribution in [0.5, 0.6) is 0 Å². The maximum Gasteiger partial charge on any atom is 0.317 e. The summed E-state index contributed by atoms with van der Waals surface area (Å²) in [6, 6.07) is -0.378. The molecule has 1 unspecified atom stereocenters. The number of carboxylic acids is 1. The number of urea groups is 1. The van der Waals surface area contributed by atoms with Gasteiger partial charge in [0, 0.05) is 26.7 Å². The van der Waals surface area contributed by atoms with Gasteiger partial charge in [0.15, 0.2) is 0 Å². The highest BCUT2D eigenvalue weighted by Crippen LogP contribution is 2.38. The Kier molecular flexibility index (Phi) is 5.57. The zero-order chi connectivity index (χ0) is 16.2. The van der Waals surface area contributed by atoms with E-state index in [9.17, 15) is 19.5 Å². The van der Waals surface area contributed by atoms with Crippen molar-refractivity contribution in [3.8, 4) is 0 Å². The first kappa shape index (κ1) is 17.3. The van der Waals surface area contributed by atoms with Crippen LogP contribution < -0.4 is 5.32 Å². The van der Waals surface area contributed by atoms with Gasteiger partial charge in [-0.25, -0.2) is 4.79 Å². The van der Waals surface area contributed by atoms with Crippen LogP contribution in [-0.2, 0) is 9.59 Å². The number of aliphatic carboxylic acids is 1. The standard InChI is InChI=1S/C14H25N3O4/c1-5-16(4)11(18)8-15-13(21)17-7-6-14(9-17,10(2)3)12(19)20/h10H,5-9H2,1-4H3,(H,15,21)(H,19,20). The molecule has 2 N–H and O–H groups in total. The number of likely N-dealkylation sites (N-methyl/N-ethyl adjacent to an activating group) is 1. The second kappa shape index (κ2) is 6.78. The quantitative estimate of drug-likeness (QED) is 0.778. The molecule has 0 aromatic rings. The topological polar surface area (TPSA) is 90.0 Å². The molecule has 7 heteroatoms. The summed E-state index contributed by atoms with van der Waals surface area (Å²) in [5, 5.41) is 12.0. The first-order valence-electron chi connectivity index (χ1n) is 7.24. The van der Waals surface area contributed by atoms with E-state index in [0.717, 1.165) is 0 Å². The lowest BCUT2D eigenvalue weighted by Gasteiger charge is -2.28. The van der Waals surface area contributed by atoms with Crippen LogP contribution in [0.4, 0.5) is 4.79 Å². The van der Waals surface area contributed by atoms with E-state index >= 15 is 0 Å². The van der Waals surface area contributed by atoms with Crippen molar-refractivity contribution in [3.05, 3.63) is 0 Å². The Balaban J connectivity index is 2.58. The number of rotatable bonds is 5. The predicted octanol–water partition coefficient (Wildman–Crippen LogP) is 0.607. The van der Waals surface area contributed by atoms with E-state index < -0.39 is 11.4 Å². The highest BCUT2D eigenvalue weighted by atomic mass is 16.4. The molecule has 7 nitrogen and oxygen atoms in total. The first-order chi connectivity index (χ1) is 9.74. The van der Waals surface area contributed by atoms with Crippen LogP contribution in [0.15, 0.2) is 0 Å². The van der Waals surface area contributed by atoms with E-state index in [1.54, 1.807) is 7.05 Å². The van der Waals surface area contributed by atoms with Crippen molar-refractivity contribution in [1.29, 1.82) is 0 Å². The summed E-state index contributed by atoms with van der Waals surface area (Å²) in [7, 11) is 1.67. The van der Waals surface area contributed by atoms with Crippen LogP contribution in [0.3, 0.4) is 0 Å². The van der Waals surface area contributed by atoms with Crippen LogP contribution in [0.25, 0.3) is 0 Å². The molecular formula is C14H25N3O4. The minimum Gasteiger partial charge on any atom is -0.481 e. The molecule has 1 heterocycles. The molecule has 0 aromatic carbocycles. The maximum absolute atomic E-state index is 12.0. The minimum atomic E-state index is -0.887. The number of nitrogens with zero attached hydrogens (tertiary/aromatic N) is 2. The third kappa shape index (κ3) is 3.65. The summed E-state index contributed by atoms with van der Waals surface area (Å²) in [4.78, 5) is 38.2. The molecule has 120 valence electrons. The number of carbonyl (C=O) groups is 3. The van der Waals surface area contributed by atoms with Crippen molar-refractivity contribution in [2.75, 3.05) is 33.2 Å². The van der Waals surface area contributed by atoms with Gasteiger partial charge in [-0.05, 0) is 19.3 Å². The van der Waals surface area contributed by atoms with Crippen molar-refractivity contribution >= 4 is 17.9 Å². The predicted molar refractivity (Wildman–Crippen MR) is 77.8 cm³/mol. The van der Waals surface area contributed by atoms with Gasteiger partial charge < -0.3 is 20.2 Å². The summed E-state index contributed by atoms with van der Waals surface area (Å²) in [6.45, 7) is 6.65. The Morgan fingerprint density at radius 2 is 2.00 bits per heavy atom. The molecule has 0 radical (unpaired) electrons. The van der Waals surface area contributed by atoms with Crippen molar-refractivity contribution in [1.82, 2.24) is 15.1 Å². The van der Waals surface area contributed by atoms with Crippen LogP contribution in [0.1, 0.15) is 27.2 Å². The van der Waals surface area contributed by atoms with E-state index in [1.807, 2.05) is 20.8 Å². The van der Waals surface area contributed by atoms with Gasteiger partial charge in [0.2, 0.25) is 5.91 Å². The van der Waals surface area contributed by atoms with Crippen molar-refractivity contribution < 1.29 is 19.5 Å². The fourth-order valence-electron chi connectivity index (χ4n) is 2.47. The normalized spacial score (nSPS) is 21.5. The Bertz CT molecular complexity index is 424. The first-order valence-corrected chi connectivity index (χ1v) is 7.24. The van der Waals surface area contributed by atoms with Gasteiger partial charge in [-0.2, -0.15) is 0 Å². The third-order valence-electron chi connectivity index (χ3n) is 4.41. The van der Waals surface area contributed by atoms with Crippen LogP contribution in [0, 0.1) is 11.3 Å². The number of nitrogens with one attached hydrogen (secondary N) is 1. The second-order valence-electron chi connectivity index (χ2n) is 5.85. The van der Waals surface area contributed by atoms with Crippen molar-refractivity contribution in [2.24, 2.45) is 11.3 Å². The molecule has 0 aromatic heterocycles. The lowest BCUT2D eigenvalue weighted by molar-refractivity contribution is -0.150. The van der Waals surface area contributed by atoms with Gasteiger partial charge in [-0.15, -0.1) is 0 Å². The third-order valence-corrected chi connectivity index (χ3v) is 4.41. The smallest absolute Gasteiger partial charge is 0.317 e. The Labute approximate surface area is 125 Å².